The van der Waals surface area contributed by atoms with Crippen molar-refractivity contribution in [1.82, 2.24) is 15.1 Å². The van der Waals surface area contributed by atoms with Gasteiger partial charge >= 0.3 is 0 Å². The van der Waals surface area contributed by atoms with Crippen molar-refractivity contribution >= 4 is 45.4 Å². The second kappa shape index (κ2) is 7.24. The van der Waals surface area contributed by atoms with E-state index in [1.165, 1.54) is 36.3 Å². The van der Waals surface area contributed by atoms with Gasteiger partial charge in [-0.3, -0.25) is 9.69 Å². The first kappa shape index (κ1) is 17.4. The topological polar surface area (TPSA) is 87.9 Å². The van der Waals surface area contributed by atoms with Gasteiger partial charge in [-0.05, 0) is 49.4 Å². The summed E-state index contributed by atoms with van der Waals surface area (Å²) in [4.78, 5) is 19.2. The van der Waals surface area contributed by atoms with E-state index in [2.05, 4.69) is 15.2 Å². The molecule has 0 unspecified atom stereocenters. The summed E-state index contributed by atoms with van der Waals surface area (Å²) in [5, 5.41) is 19.5. The van der Waals surface area contributed by atoms with Gasteiger partial charge in [0.1, 0.15) is 5.01 Å². The molecular weight excluding hydrogens is 360 g/mol. The summed E-state index contributed by atoms with van der Waals surface area (Å²) in [6.45, 7) is 4.26. The van der Waals surface area contributed by atoms with Crippen molar-refractivity contribution in [1.29, 1.82) is 0 Å². The van der Waals surface area contributed by atoms with Gasteiger partial charge in [-0.25, -0.2) is 0 Å². The molecule has 7 nitrogen and oxygen atoms in total. The summed E-state index contributed by atoms with van der Waals surface area (Å²) >= 11 is 2.67. The van der Waals surface area contributed by atoms with Crippen molar-refractivity contribution in [3.05, 3.63) is 33.7 Å². The predicted octanol–water partition coefficient (Wildman–Crippen LogP) is 3.18. The van der Waals surface area contributed by atoms with Crippen LogP contribution in [0.5, 0.6) is 11.5 Å². The molecule has 130 valence electrons. The number of carbonyl (C=O) groups is 1. The van der Waals surface area contributed by atoms with E-state index in [-0.39, 0.29) is 11.7 Å². The number of aryl methyl sites for hydroxylation is 1. The van der Waals surface area contributed by atoms with Crippen LogP contribution in [0, 0.1) is 6.92 Å². The van der Waals surface area contributed by atoms with Crippen molar-refractivity contribution in [3.63, 3.8) is 0 Å². The van der Waals surface area contributed by atoms with Gasteiger partial charge in [-0.1, -0.05) is 17.4 Å². The van der Waals surface area contributed by atoms with Gasteiger partial charge in [0.05, 0.1) is 12.0 Å². The molecule has 1 aliphatic rings. The van der Waals surface area contributed by atoms with E-state index in [4.69, 9.17) is 4.74 Å². The molecule has 3 rings (SSSR count). The first-order valence-electron chi connectivity index (χ1n) is 7.49. The van der Waals surface area contributed by atoms with Crippen LogP contribution < -0.4 is 4.74 Å². The molecule has 25 heavy (non-hydrogen) atoms. The molecule has 1 saturated heterocycles. The third kappa shape index (κ3) is 3.67. The van der Waals surface area contributed by atoms with Gasteiger partial charge in [0, 0.05) is 6.54 Å². The molecule has 1 aromatic heterocycles. The summed E-state index contributed by atoms with van der Waals surface area (Å²) in [5.41, 5.74) is 0.759. The van der Waals surface area contributed by atoms with E-state index in [9.17, 15) is 9.90 Å². The zero-order valence-corrected chi connectivity index (χ0v) is 15.5. The maximum atomic E-state index is 12.6. The number of amides is 1. The number of amidine groups is 1. The van der Waals surface area contributed by atoms with Gasteiger partial charge in [0.15, 0.2) is 16.7 Å². The van der Waals surface area contributed by atoms with Crippen LogP contribution in [0.25, 0.3) is 6.08 Å². The molecular formula is C16H16N4O3S2. The smallest absolute Gasteiger partial charge is 0.266 e. The number of aromatic nitrogens is 2. The minimum absolute atomic E-state index is 0.0547. The number of likely N-dealkylation sites (N-methyl/N-ethyl adjacent to an activating group) is 1. The van der Waals surface area contributed by atoms with Gasteiger partial charge in [0.25, 0.3) is 5.91 Å². The lowest BCUT2D eigenvalue weighted by Gasteiger charge is -2.11. The van der Waals surface area contributed by atoms with Crippen LogP contribution in [0.4, 0.5) is 5.13 Å². The van der Waals surface area contributed by atoms with E-state index in [1.54, 1.807) is 23.1 Å². The highest BCUT2D eigenvalue weighted by molar-refractivity contribution is 8.18. The quantitative estimate of drug-likeness (QED) is 0.825. The number of hydrogen-bond acceptors (Lipinski definition) is 8. The van der Waals surface area contributed by atoms with Crippen molar-refractivity contribution in [2.45, 2.75) is 13.8 Å². The first-order valence-corrected chi connectivity index (χ1v) is 9.12. The molecule has 0 bridgehead atoms. The lowest BCUT2D eigenvalue weighted by atomic mass is 10.2. The Morgan fingerprint density at radius 3 is 2.84 bits per heavy atom. The third-order valence-electron chi connectivity index (χ3n) is 3.41. The number of nitrogens with zero attached hydrogens (tertiary/aromatic N) is 4. The second-order valence-corrected chi connectivity index (χ2v) is 7.26. The molecule has 1 fully saturated rings. The summed E-state index contributed by atoms with van der Waals surface area (Å²) in [6, 6.07) is 4.93. The summed E-state index contributed by atoms with van der Waals surface area (Å²) in [5.74, 6) is 0.300. The largest absolute Gasteiger partial charge is 0.504 e. The van der Waals surface area contributed by atoms with Crippen molar-refractivity contribution in [2.24, 2.45) is 4.99 Å². The molecule has 0 atom stereocenters. The van der Waals surface area contributed by atoms with Crippen molar-refractivity contribution in [3.8, 4) is 11.5 Å². The number of ether oxygens (including phenoxy) is 1. The van der Waals surface area contributed by atoms with Crippen LogP contribution in [0.1, 0.15) is 17.5 Å². The zero-order valence-electron chi connectivity index (χ0n) is 13.9. The highest BCUT2D eigenvalue weighted by atomic mass is 32.2. The number of hydrogen-bond donors (Lipinski definition) is 1. The van der Waals surface area contributed by atoms with E-state index in [0.29, 0.717) is 27.5 Å². The normalized spacial score (nSPS) is 17.7. The molecule has 0 radical (unpaired) electrons. The standard InChI is InChI=1S/C16H16N4O3S2/c1-4-20-14(22)13(8-10-5-6-11(21)12(7-10)23-3)25-16(20)17-15-19-18-9(2)24-15/h5-8,21H,4H2,1-3H3/b13-8-,17-16+. The van der Waals surface area contributed by atoms with Gasteiger partial charge in [-0.15, -0.1) is 10.2 Å². The first-order chi connectivity index (χ1) is 12.0. The lowest BCUT2D eigenvalue weighted by molar-refractivity contribution is -0.122. The number of aromatic hydroxyl groups is 1. The summed E-state index contributed by atoms with van der Waals surface area (Å²) in [7, 11) is 1.48. The lowest BCUT2D eigenvalue weighted by Crippen LogP contribution is -2.28. The Kier molecular flexibility index (Phi) is 5.05. The maximum Gasteiger partial charge on any atom is 0.266 e. The van der Waals surface area contributed by atoms with E-state index in [1.807, 2.05) is 13.8 Å². The summed E-state index contributed by atoms with van der Waals surface area (Å²) in [6.07, 6.45) is 1.76. The zero-order chi connectivity index (χ0) is 18.0. The average Bonchev–Trinajstić information content (AvgIpc) is 3.13. The average molecular weight is 376 g/mol. The van der Waals surface area contributed by atoms with Crippen LogP contribution in [0.15, 0.2) is 28.1 Å². The number of aliphatic imine (C=N–C) groups is 1. The molecule has 1 aromatic carbocycles. The Balaban J connectivity index is 1.93. The number of benzene rings is 1. The summed E-state index contributed by atoms with van der Waals surface area (Å²) < 4.78 is 5.10. The van der Waals surface area contributed by atoms with Crippen LogP contribution in [-0.2, 0) is 4.79 Å². The fourth-order valence-electron chi connectivity index (χ4n) is 2.22. The molecule has 1 aliphatic heterocycles. The third-order valence-corrected chi connectivity index (χ3v) is 5.15. The highest BCUT2D eigenvalue weighted by Gasteiger charge is 2.32. The Labute approximate surface area is 153 Å². The number of phenols is 1. The SMILES string of the molecule is CCN1C(=O)/C(=C/c2ccc(O)c(OC)c2)S/C1=N/c1nnc(C)s1. The molecule has 0 spiro atoms. The number of thioether (sulfide) groups is 1. The van der Waals surface area contributed by atoms with Gasteiger partial charge in [0.2, 0.25) is 5.13 Å². The monoisotopic (exact) mass is 376 g/mol. The number of rotatable bonds is 4. The Morgan fingerprint density at radius 2 is 2.20 bits per heavy atom. The minimum atomic E-state index is -0.112. The van der Waals surface area contributed by atoms with E-state index < -0.39 is 0 Å². The fourth-order valence-corrected chi connectivity index (χ4v) is 3.88. The van der Waals surface area contributed by atoms with Gasteiger partial charge < -0.3 is 9.84 Å². The van der Waals surface area contributed by atoms with Crippen LogP contribution in [-0.4, -0.2) is 44.9 Å². The van der Waals surface area contributed by atoms with Crippen LogP contribution in [0.3, 0.4) is 0 Å². The molecule has 1 amide bonds. The number of carbonyl (C=O) groups excluding carboxylic acids is 1. The molecule has 1 N–H and O–H groups in total. The molecule has 0 saturated carbocycles. The van der Waals surface area contributed by atoms with E-state index >= 15 is 0 Å². The molecule has 2 aromatic rings. The highest BCUT2D eigenvalue weighted by Crippen LogP contribution is 2.35. The molecule has 9 heteroatoms. The van der Waals surface area contributed by atoms with Crippen LogP contribution in [0.2, 0.25) is 0 Å². The van der Waals surface area contributed by atoms with Gasteiger partial charge in [-0.2, -0.15) is 4.99 Å². The fraction of sp³-hybridized carbons (Fsp3) is 0.250. The Morgan fingerprint density at radius 1 is 1.40 bits per heavy atom. The molecule has 0 aliphatic carbocycles. The number of methoxy groups -OCH3 is 1. The Bertz CT molecular complexity index is 876. The van der Waals surface area contributed by atoms with Crippen molar-refractivity contribution < 1.29 is 14.6 Å². The Hall–Kier alpha value is -2.39. The van der Waals surface area contributed by atoms with Crippen molar-refractivity contribution in [2.75, 3.05) is 13.7 Å². The second-order valence-electron chi connectivity index (χ2n) is 5.09. The van der Waals surface area contributed by atoms with Crippen LogP contribution >= 0.6 is 23.1 Å². The van der Waals surface area contributed by atoms with E-state index in [0.717, 1.165) is 10.6 Å². The predicted molar refractivity (Wildman–Crippen MR) is 99.4 cm³/mol. The molecule has 2 heterocycles. The number of phenolic OH excluding ortho intramolecular Hbond substituents is 1. The maximum absolute atomic E-state index is 12.6. The minimum Gasteiger partial charge on any atom is -0.504 e.